The van der Waals surface area contributed by atoms with Crippen LogP contribution in [0.25, 0.3) is 16.9 Å². The molecule has 0 unspecified atom stereocenters. The zero-order valence-corrected chi connectivity index (χ0v) is 16.8. The summed E-state index contributed by atoms with van der Waals surface area (Å²) in [6.45, 7) is 4.19. The lowest BCUT2D eigenvalue weighted by molar-refractivity contribution is -0.0797. The van der Waals surface area contributed by atoms with Gasteiger partial charge in [-0.25, -0.2) is 14.6 Å². The largest absolute Gasteiger partial charge is 0.422 e. The molecular formula is C22H22N6O2. The zero-order valence-electron chi connectivity index (χ0n) is 16.8. The van der Waals surface area contributed by atoms with Gasteiger partial charge in [0.2, 0.25) is 0 Å². The van der Waals surface area contributed by atoms with E-state index in [2.05, 4.69) is 38.2 Å². The number of hydrogen-bond donors (Lipinski definition) is 0. The van der Waals surface area contributed by atoms with Crippen LogP contribution in [0.4, 0.5) is 5.82 Å². The van der Waals surface area contributed by atoms with Crippen LogP contribution in [0.5, 0.6) is 0 Å². The maximum absolute atomic E-state index is 6.39. The number of fused-ring (bicyclic) bond motifs is 3. The smallest absolute Gasteiger partial charge is 0.252 e. The van der Waals surface area contributed by atoms with Gasteiger partial charge in [0.05, 0.1) is 18.0 Å². The molecule has 0 radical (unpaired) electrons. The van der Waals surface area contributed by atoms with Gasteiger partial charge in [-0.15, -0.1) is 0 Å². The molecule has 2 aliphatic rings. The van der Waals surface area contributed by atoms with Crippen LogP contribution < -0.4 is 4.90 Å². The number of para-hydroxylation sites is 1. The number of aryl methyl sites for hydroxylation is 1. The Morgan fingerprint density at radius 2 is 1.90 bits per heavy atom. The fourth-order valence-corrected chi connectivity index (χ4v) is 4.65. The third-order valence-electron chi connectivity index (χ3n) is 6.15. The van der Waals surface area contributed by atoms with Crippen molar-refractivity contribution in [2.24, 2.45) is 0 Å². The number of oxazole rings is 1. The van der Waals surface area contributed by atoms with E-state index in [4.69, 9.17) is 14.3 Å². The molecule has 30 heavy (non-hydrogen) atoms. The predicted molar refractivity (Wildman–Crippen MR) is 111 cm³/mol. The minimum atomic E-state index is -0.337. The second-order valence-corrected chi connectivity index (χ2v) is 7.95. The molecule has 1 saturated heterocycles. The van der Waals surface area contributed by atoms with Crippen LogP contribution in [0.2, 0.25) is 0 Å². The summed E-state index contributed by atoms with van der Waals surface area (Å²) in [5.41, 5.74) is 4.37. The number of hydrogen-bond acceptors (Lipinski definition) is 7. The molecule has 8 heteroatoms. The van der Waals surface area contributed by atoms with Crippen molar-refractivity contribution in [2.45, 2.75) is 31.8 Å². The third-order valence-corrected chi connectivity index (χ3v) is 6.15. The Bertz CT molecular complexity index is 1210. The summed E-state index contributed by atoms with van der Waals surface area (Å²) in [6, 6.07) is 10.3. The Morgan fingerprint density at radius 3 is 2.73 bits per heavy atom. The summed E-state index contributed by atoms with van der Waals surface area (Å²) in [5, 5.41) is 4.97. The van der Waals surface area contributed by atoms with Crippen molar-refractivity contribution >= 4 is 17.0 Å². The molecule has 0 bridgehead atoms. The van der Waals surface area contributed by atoms with Gasteiger partial charge >= 0.3 is 0 Å². The van der Waals surface area contributed by atoms with Crippen LogP contribution >= 0.6 is 0 Å². The molecule has 1 spiro atoms. The lowest BCUT2D eigenvalue weighted by Crippen LogP contribution is -2.47. The van der Waals surface area contributed by atoms with Crippen molar-refractivity contribution in [2.75, 3.05) is 24.6 Å². The molecule has 152 valence electrons. The first-order chi connectivity index (χ1) is 14.7. The van der Waals surface area contributed by atoms with Crippen molar-refractivity contribution in [1.29, 1.82) is 0 Å². The van der Waals surface area contributed by atoms with Gasteiger partial charge in [0.25, 0.3) is 5.71 Å². The van der Waals surface area contributed by atoms with E-state index in [1.54, 1.807) is 6.33 Å². The lowest BCUT2D eigenvalue weighted by atomic mass is 9.84. The number of benzene rings is 1. The molecule has 1 aromatic carbocycles. The molecule has 2 aliphatic heterocycles. The van der Waals surface area contributed by atoms with Crippen LogP contribution in [0.3, 0.4) is 0 Å². The van der Waals surface area contributed by atoms with Crippen LogP contribution in [0.1, 0.15) is 30.0 Å². The molecular weight excluding hydrogens is 380 g/mol. The van der Waals surface area contributed by atoms with Gasteiger partial charge in [-0.3, -0.25) is 0 Å². The fourth-order valence-electron chi connectivity index (χ4n) is 4.65. The number of aromatic nitrogens is 5. The zero-order chi connectivity index (χ0) is 20.1. The molecule has 0 saturated carbocycles. The third kappa shape index (κ3) is 2.71. The van der Waals surface area contributed by atoms with E-state index in [9.17, 15) is 0 Å². The van der Waals surface area contributed by atoms with E-state index in [1.165, 1.54) is 5.56 Å². The topological polar surface area (TPSA) is 82.1 Å². The molecule has 3 aromatic heterocycles. The number of piperidine rings is 1. The molecule has 4 aromatic rings. The van der Waals surface area contributed by atoms with Crippen molar-refractivity contribution < 1.29 is 9.15 Å². The minimum absolute atomic E-state index is 0.337. The Balaban J connectivity index is 1.30. The second kappa shape index (κ2) is 6.63. The molecule has 8 nitrogen and oxygen atoms in total. The van der Waals surface area contributed by atoms with Crippen LogP contribution in [-0.2, 0) is 16.8 Å². The molecule has 0 atom stereocenters. The molecule has 0 N–H and O–H groups in total. The average molecular weight is 402 g/mol. The van der Waals surface area contributed by atoms with E-state index < -0.39 is 0 Å². The van der Waals surface area contributed by atoms with Gasteiger partial charge in [0.15, 0.2) is 17.2 Å². The van der Waals surface area contributed by atoms with Gasteiger partial charge < -0.3 is 14.1 Å². The van der Waals surface area contributed by atoms with Gasteiger partial charge in [-0.1, -0.05) is 18.2 Å². The van der Waals surface area contributed by atoms with Crippen molar-refractivity contribution in [3.05, 3.63) is 60.0 Å². The van der Waals surface area contributed by atoms with E-state index in [0.717, 1.165) is 61.7 Å². The highest BCUT2D eigenvalue weighted by Crippen LogP contribution is 2.42. The molecule has 0 amide bonds. The SMILES string of the molecule is Cc1nc2c(N3CCC4(CC3)OCCc3cn(-c5ccccc5)nc34)ncnc2o1. The van der Waals surface area contributed by atoms with Gasteiger partial charge in [0.1, 0.15) is 11.9 Å². The first kappa shape index (κ1) is 17.6. The Morgan fingerprint density at radius 1 is 1.07 bits per heavy atom. The van der Waals surface area contributed by atoms with Gasteiger partial charge in [-0.2, -0.15) is 10.1 Å². The van der Waals surface area contributed by atoms with E-state index in [1.807, 2.05) is 29.8 Å². The molecule has 1 fully saturated rings. The van der Waals surface area contributed by atoms with Crippen LogP contribution in [-0.4, -0.2) is 44.4 Å². The van der Waals surface area contributed by atoms with Crippen molar-refractivity contribution in [3.63, 3.8) is 0 Å². The van der Waals surface area contributed by atoms with E-state index in [0.29, 0.717) is 11.6 Å². The Hall–Kier alpha value is -3.26. The molecule has 0 aliphatic carbocycles. The summed E-state index contributed by atoms with van der Waals surface area (Å²) in [7, 11) is 0. The highest BCUT2D eigenvalue weighted by atomic mass is 16.5. The Kier molecular flexibility index (Phi) is 3.89. The highest BCUT2D eigenvalue weighted by Gasteiger charge is 2.44. The number of anilines is 1. The first-order valence-electron chi connectivity index (χ1n) is 10.3. The number of rotatable bonds is 2. The van der Waals surface area contributed by atoms with Gasteiger partial charge in [-0.05, 0) is 37.0 Å². The van der Waals surface area contributed by atoms with Crippen LogP contribution in [0.15, 0.2) is 47.3 Å². The molecule has 5 heterocycles. The summed E-state index contributed by atoms with van der Waals surface area (Å²) in [5.74, 6) is 1.43. The monoisotopic (exact) mass is 402 g/mol. The molecule has 6 rings (SSSR count). The van der Waals surface area contributed by atoms with Gasteiger partial charge in [0, 0.05) is 26.2 Å². The predicted octanol–water partition coefficient (Wildman–Crippen LogP) is 3.18. The summed E-state index contributed by atoms with van der Waals surface area (Å²) in [4.78, 5) is 15.4. The Labute approximate surface area is 173 Å². The highest BCUT2D eigenvalue weighted by molar-refractivity contribution is 5.81. The second-order valence-electron chi connectivity index (χ2n) is 7.95. The standard InChI is InChI=1S/C22H22N6O2/c1-15-25-18-20(23-14-24-21(18)30-15)27-10-8-22(9-11-27)19-16(7-12-29-22)13-28(26-19)17-5-3-2-4-6-17/h2-6,13-14H,7-12H2,1H3. The quantitative estimate of drug-likeness (QED) is 0.509. The van der Waals surface area contributed by atoms with Crippen LogP contribution in [0, 0.1) is 6.92 Å². The fraction of sp³-hybridized carbons (Fsp3) is 0.364. The summed E-state index contributed by atoms with van der Waals surface area (Å²) >= 11 is 0. The first-order valence-corrected chi connectivity index (χ1v) is 10.3. The summed E-state index contributed by atoms with van der Waals surface area (Å²) < 4.78 is 13.9. The number of nitrogens with zero attached hydrogens (tertiary/aromatic N) is 6. The minimum Gasteiger partial charge on any atom is -0.422 e. The maximum atomic E-state index is 6.39. The average Bonchev–Trinajstić information content (AvgIpc) is 3.39. The van der Waals surface area contributed by atoms with Crippen molar-refractivity contribution in [3.8, 4) is 5.69 Å². The summed E-state index contributed by atoms with van der Waals surface area (Å²) in [6.07, 6.45) is 6.32. The van der Waals surface area contributed by atoms with Crippen molar-refractivity contribution in [1.82, 2.24) is 24.7 Å². The number of ether oxygens (including phenoxy) is 1. The van der Waals surface area contributed by atoms with E-state index >= 15 is 0 Å². The van der Waals surface area contributed by atoms with E-state index in [-0.39, 0.29) is 5.60 Å². The maximum Gasteiger partial charge on any atom is 0.252 e. The lowest BCUT2D eigenvalue weighted by Gasteiger charge is -2.43. The normalized spacial score (nSPS) is 18.1.